The van der Waals surface area contributed by atoms with Gasteiger partial charge in [0.2, 0.25) is 0 Å². The lowest BCUT2D eigenvalue weighted by molar-refractivity contribution is -0.382. The van der Waals surface area contributed by atoms with E-state index in [1.54, 1.807) is 12.3 Å². The van der Waals surface area contributed by atoms with Gasteiger partial charge in [0.25, 0.3) is 18.1 Å². The van der Waals surface area contributed by atoms with Crippen LogP contribution in [0.15, 0.2) is 54.4 Å². The van der Waals surface area contributed by atoms with E-state index in [1.807, 2.05) is 24.4 Å². The molecule has 6 heteroatoms. The minimum Gasteiger partial charge on any atom is -0.358 e. The molecule has 1 amide bonds. The lowest BCUT2D eigenvalue weighted by Gasteiger charge is -2.25. The van der Waals surface area contributed by atoms with E-state index in [0.29, 0.717) is 17.4 Å². The van der Waals surface area contributed by atoms with Crippen molar-refractivity contribution in [2.75, 3.05) is 5.32 Å². The molecular formula is C15H16N5O+. The number of nitrogens with one attached hydrogen (secondary N) is 3. The van der Waals surface area contributed by atoms with Crippen LogP contribution in [0.5, 0.6) is 0 Å². The number of fused-ring (bicyclic) bond motifs is 1. The van der Waals surface area contributed by atoms with Crippen molar-refractivity contribution in [2.24, 2.45) is 5.92 Å². The number of anilines is 1. The van der Waals surface area contributed by atoms with Crippen LogP contribution in [-0.4, -0.2) is 22.0 Å². The number of hydrogen-bond acceptors (Lipinski definition) is 4. The summed E-state index contributed by atoms with van der Waals surface area (Å²) in [5, 5.41) is 6.19. The Hall–Kier alpha value is -2.63. The third-order valence-corrected chi connectivity index (χ3v) is 3.89. The van der Waals surface area contributed by atoms with Crippen LogP contribution in [0.3, 0.4) is 0 Å². The summed E-state index contributed by atoms with van der Waals surface area (Å²) in [4.78, 5) is 21.6. The van der Waals surface area contributed by atoms with Crippen LogP contribution >= 0.6 is 0 Å². The first-order valence-electron chi connectivity index (χ1n) is 7.10. The third kappa shape index (κ3) is 2.18. The highest BCUT2D eigenvalue weighted by molar-refractivity contribution is 6.04. The highest BCUT2D eigenvalue weighted by Crippen LogP contribution is 2.40. The molecule has 0 bridgehead atoms. The minimum atomic E-state index is -0.156. The van der Waals surface area contributed by atoms with Crippen molar-refractivity contribution in [1.29, 1.82) is 0 Å². The van der Waals surface area contributed by atoms with Gasteiger partial charge in [0, 0.05) is 12.3 Å². The van der Waals surface area contributed by atoms with Crippen molar-refractivity contribution in [3.8, 4) is 0 Å². The summed E-state index contributed by atoms with van der Waals surface area (Å²) in [7, 11) is 0. The molecule has 0 radical (unpaired) electrons. The molecule has 106 valence electrons. The van der Waals surface area contributed by atoms with Gasteiger partial charge in [0.15, 0.2) is 0 Å². The van der Waals surface area contributed by atoms with Gasteiger partial charge >= 0.3 is 0 Å². The molecule has 4 rings (SSSR count). The van der Waals surface area contributed by atoms with Crippen LogP contribution in [0.2, 0.25) is 0 Å². The number of carbonyl (C=O) groups excluding carboxylic acids is 1. The van der Waals surface area contributed by atoms with E-state index < -0.39 is 0 Å². The molecule has 3 N–H and O–H groups in total. The largest absolute Gasteiger partial charge is 0.358 e. The standard InChI is InChI=1S/C15H15N5O/c21-15(18-12-6-7-16-9-17-12)13-11-3-1-2-8-20(11)14(19-13)10-4-5-10/h1-3,6-10,14,19H,4-5H2,(H,16,17,18,21)/p+1. The molecule has 1 atom stereocenters. The van der Waals surface area contributed by atoms with Gasteiger partial charge in [-0.15, -0.1) is 0 Å². The number of aromatic amines is 1. The molecule has 1 aromatic rings. The first-order valence-corrected chi connectivity index (χ1v) is 7.10. The molecule has 0 spiro atoms. The molecule has 1 aromatic heterocycles. The zero-order valence-corrected chi connectivity index (χ0v) is 11.4. The third-order valence-electron chi connectivity index (χ3n) is 3.89. The lowest BCUT2D eigenvalue weighted by Crippen LogP contribution is -2.37. The van der Waals surface area contributed by atoms with Crippen molar-refractivity contribution >= 4 is 11.7 Å². The quantitative estimate of drug-likeness (QED) is 0.859. The van der Waals surface area contributed by atoms with Gasteiger partial charge in [-0.3, -0.25) is 15.1 Å². The average molecular weight is 282 g/mol. The molecule has 0 saturated heterocycles. The molecular weight excluding hydrogens is 266 g/mol. The molecule has 21 heavy (non-hydrogen) atoms. The van der Waals surface area contributed by atoms with Gasteiger partial charge in [-0.05, 0) is 35.9 Å². The number of nitrogens with zero attached hydrogens (tertiary/aromatic N) is 2. The van der Waals surface area contributed by atoms with Crippen LogP contribution in [-0.2, 0) is 4.79 Å². The fourth-order valence-corrected chi connectivity index (χ4v) is 2.71. The molecule has 3 aliphatic rings. The maximum absolute atomic E-state index is 12.5. The Bertz CT molecular complexity index is 660. The normalized spacial score (nSPS) is 23.0. The van der Waals surface area contributed by atoms with Crippen molar-refractivity contribution < 1.29 is 9.78 Å². The second-order valence-electron chi connectivity index (χ2n) is 5.39. The fourth-order valence-electron chi connectivity index (χ4n) is 2.71. The second-order valence-corrected chi connectivity index (χ2v) is 5.39. The molecule has 1 unspecified atom stereocenters. The molecule has 0 aromatic carbocycles. The molecule has 1 saturated carbocycles. The highest BCUT2D eigenvalue weighted by Gasteiger charge is 2.42. The summed E-state index contributed by atoms with van der Waals surface area (Å²) in [5.74, 6) is 0.994. The first-order chi connectivity index (χ1) is 10.3. The summed E-state index contributed by atoms with van der Waals surface area (Å²) >= 11 is 0. The van der Waals surface area contributed by atoms with E-state index in [-0.39, 0.29) is 12.1 Å². The van der Waals surface area contributed by atoms with Crippen LogP contribution in [0.1, 0.15) is 12.8 Å². The topological polar surface area (TPSA) is 71.4 Å². The van der Waals surface area contributed by atoms with Crippen molar-refractivity contribution in [2.45, 2.75) is 19.0 Å². The summed E-state index contributed by atoms with van der Waals surface area (Å²) < 4.78 is 0. The Balaban J connectivity index is 1.59. The van der Waals surface area contributed by atoms with E-state index in [1.165, 1.54) is 19.2 Å². The number of rotatable bonds is 3. The Morgan fingerprint density at radius 2 is 2.33 bits per heavy atom. The molecule has 3 heterocycles. The van der Waals surface area contributed by atoms with Gasteiger partial charge in [-0.1, -0.05) is 6.08 Å². The SMILES string of the molecule is O=C(Nc1cc[nH+]cn1)C1=C2C=CC=CN2C(C2CC2)N1. The van der Waals surface area contributed by atoms with Gasteiger partial charge < -0.3 is 10.2 Å². The van der Waals surface area contributed by atoms with Gasteiger partial charge in [0.1, 0.15) is 11.9 Å². The van der Waals surface area contributed by atoms with E-state index in [2.05, 4.69) is 25.5 Å². The van der Waals surface area contributed by atoms with Gasteiger partial charge in [0.05, 0.1) is 11.9 Å². The van der Waals surface area contributed by atoms with Gasteiger partial charge in [-0.2, -0.15) is 0 Å². The molecule has 1 aliphatic carbocycles. The molecule has 6 nitrogen and oxygen atoms in total. The number of H-pyrrole nitrogens is 1. The number of aromatic nitrogens is 2. The Morgan fingerprint density at radius 1 is 1.43 bits per heavy atom. The smallest absolute Gasteiger partial charge is 0.286 e. The summed E-state index contributed by atoms with van der Waals surface area (Å²) in [6, 6.07) is 1.73. The first kappa shape index (κ1) is 12.1. The Labute approximate surface area is 122 Å². The van der Waals surface area contributed by atoms with Crippen molar-refractivity contribution in [3.05, 3.63) is 54.4 Å². The monoisotopic (exact) mass is 282 g/mol. The second kappa shape index (κ2) is 4.73. The van der Waals surface area contributed by atoms with Crippen LogP contribution in [0, 0.1) is 5.92 Å². The zero-order chi connectivity index (χ0) is 14.2. The summed E-state index contributed by atoms with van der Waals surface area (Å²) in [6.07, 6.45) is 13.8. The van der Waals surface area contributed by atoms with E-state index >= 15 is 0 Å². The van der Waals surface area contributed by atoms with E-state index in [0.717, 1.165) is 5.70 Å². The van der Waals surface area contributed by atoms with Crippen molar-refractivity contribution in [3.63, 3.8) is 0 Å². The van der Waals surface area contributed by atoms with Crippen LogP contribution < -0.4 is 15.6 Å². The van der Waals surface area contributed by atoms with Crippen LogP contribution in [0.4, 0.5) is 5.82 Å². The lowest BCUT2D eigenvalue weighted by atomic mass is 10.2. The summed E-state index contributed by atoms with van der Waals surface area (Å²) in [5.41, 5.74) is 1.54. The molecule has 1 fully saturated rings. The average Bonchev–Trinajstić information content (AvgIpc) is 3.29. The summed E-state index contributed by atoms with van der Waals surface area (Å²) in [6.45, 7) is 0. The van der Waals surface area contributed by atoms with E-state index in [9.17, 15) is 4.79 Å². The number of hydrogen-bond donors (Lipinski definition) is 2. The highest BCUT2D eigenvalue weighted by atomic mass is 16.2. The van der Waals surface area contributed by atoms with E-state index in [4.69, 9.17) is 0 Å². The number of allylic oxidation sites excluding steroid dienone is 3. The fraction of sp³-hybridized carbons (Fsp3) is 0.267. The number of carbonyl (C=O) groups is 1. The number of amides is 1. The Morgan fingerprint density at radius 3 is 3.10 bits per heavy atom. The van der Waals surface area contributed by atoms with Gasteiger partial charge in [-0.25, -0.2) is 0 Å². The maximum Gasteiger partial charge on any atom is 0.286 e. The Kier molecular flexibility index (Phi) is 2.73. The zero-order valence-electron chi connectivity index (χ0n) is 11.4. The van der Waals surface area contributed by atoms with Crippen LogP contribution in [0.25, 0.3) is 0 Å². The van der Waals surface area contributed by atoms with Crippen molar-refractivity contribution in [1.82, 2.24) is 15.2 Å². The maximum atomic E-state index is 12.5. The predicted octanol–water partition coefficient (Wildman–Crippen LogP) is 0.771. The molecule has 2 aliphatic heterocycles. The predicted molar refractivity (Wildman–Crippen MR) is 76.2 cm³/mol. The minimum absolute atomic E-state index is 0.156.